The van der Waals surface area contributed by atoms with Gasteiger partial charge in [-0.3, -0.25) is 0 Å². The van der Waals surface area contributed by atoms with Crippen LogP contribution in [0.25, 0.3) is 22.6 Å². The Labute approximate surface area is 113 Å². The zero-order valence-electron chi connectivity index (χ0n) is 9.83. The molecular weight excluding hydrogens is 258 g/mol. The molecule has 3 heterocycles. The van der Waals surface area contributed by atoms with Crippen LogP contribution in [0.3, 0.4) is 0 Å². The number of rotatable bonds is 2. The van der Waals surface area contributed by atoms with E-state index >= 15 is 0 Å². The summed E-state index contributed by atoms with van der Waals surface area (Å²) in [4.78, 5) is 4.31. The van der Waals surface area contributed by atoms with Gasteiger partial charge in [0.2, 0.25) is 0 Å². The fraction of sp³-hybridized carbons (Fsp3) is 0. The van der Waals surface area contributed by atoms with E-state index in [1.165, 1.54) is 0 Å². The number of nitriles is 1. The molecule has 0 aliphatic heterocycles. The first kappa shape index (κ1) is 11.5. The number of aromatic nitrogens is 1. The number of pyridine rings is 1. The van der Waals surface area contributed by atoms with E-state index in [9.17, 15) is 0 Å². The van der Waals surface area contributed by atoms with E-state index in [1.54, 1.807) is 29.7 Å². The van der Waals surface area contributed by atoms with Crippen LogP contribution < -0.4 is 5.73 Å². The van der Waals surface area contributed by atoms with Crippen molar-refractivity contribution in [2.45, 2.75) is 0 Å². The zero-order valence-corrected chi connectivity index (χ0v) is 10.6. The summed E-state index contributed by atoms with van der Waals surface area (Å²) in [6.07, 6.45) is 1.59. The summed E-state index contributed by atoms with van der Waals surface area (Å²) < 4.78 is 5.39. The third kappa shape index (κ3) is 1.98. The maximum Gasteiger partial charge on any atom is 0.152 e. The lowest BCUT2D eigenvalue weighted by molar-refractivity contribution is 0.580. The summed E-state index contributed by atoms with van der Waals surface area (Å²) >= 11 is 1.59. The van der Waals surface area contributed by atoms with Crippen LogP contribution in [0.5, 0.6) is 0 Å². The molecule has 0 amide bonds. The van der Waals surface area contributed by atoms with Gasteiger partial charge in [-0.15, -0.1) is 0 Å². The Morgan fingerprint density at radius 1 is 1.37 bits per heavy atom. The van der Waals surface area contributed by atoms with Crippen LogP contribution in [-0.4, -0.2) is 4.98 Å². The minimum atomic E-state index is 0.216. The van der Waals surface area contributed by atoms with Gasteiger partial charge in [-0.1, -0.05) is 0 Å². The molecule has 4 nitrogen and oxygen atoms in total. The van der Waals surface area contributed by atoms with Crippen molar-refractivity contribution >= 4 is 17.2 Å². The summed E-state index contributed by atoms with van der Waals surface area (Å²) in [5.74, 6) is 0.852. The van der Waals surface area contributed by atoms with E-state index in [0.717, 1.165) is 11.1 Å². The van der Waals surface area contributed by atoms with Crippen molar-refractivity contribution in [1.82, 2.24) is 4.98 Å². The van der Waals surface area contributed by atoms with Gasteiger partial charge in [0.15, 0.2) is 5.76 Å². The molecule has 0 fully saturated rings. The molecule has 0 radical (unpaired) electrons. The summed E-state index contributed by atoms with van der Waals surface area (Å²) in [7, 11) is 0. The third-order valence-corrected chi connectivity index (χ3v) is 3.44. The minimum absolute atomic E-state index is 0.216. The van der Waals surface area contributed by atoms with Crippen LogP contribution in [0.4, 0.5) is 5.82 Å². The maximum absolute atomic E-state index is 9.07. The molecule has 0 aliphatic carbocycles. The van der Waals surface area contributed by atoms with Crippen molar-refractivity contribution in [3.63, 3.8) is 0 Å². The summed E-state index contributed by atoms with van der Waals surface area (Å²) in [6, 6.07) is 9.40. The Kier molecular flexibility index (Phi) is 2.78. The summed E-state index contributed by atoms with van der Waals surface area (Å²) in [6.45, 7) is 0. The highest BCUT2D eigenvalue weighted by Gasteiger charge is 2.15. The van der Waals surface area contributed by atoms with Gasteiger partial charge in [0.25, 0.3) is 0 Å². The van der Waals surface area contributed by atoms with E-state index in [1.807, 2.05) is 22.9 Å². The fourth-order valence-corrected chi connectivity index (χ4v) is 2.51. The molecule has 3 aromatic rings. The largest absolute Gasteiger partial charge is 0.463 e. The number of furan rings is 1. The Balaban J connectivity index is 2.29. The van der Waals surface area contributed by atoms with Crippen molar-refractivity contribution in [1.29, 1.82) is 5.26 Å². The molecular formula is C14H9N3OS. The summed E-state index contributed by atoms with van der Waals surface area (Å²) in [5.41, 5.74) is 8.66. The topological polar surface area (TPSA) is 75.8 Å². The SMILES string of the molecule is N#Cc1cc(-c2ccsc2)c(-c2ccco2)nc1N. The molecule has 0 saturated heterocycles. The Morgan fingerprint density at radius 2 is 2.26 bits per heavy atom. The molecule has 3 rings (SSSR count). The van der Waals surface area contributed by atoms with Gasteiger partial charge in [0.05, 0.1) is 11.8 Å². The molecule has 2 N–H and O–H groups in total. The van der Waals surface area contributed by atoms with Crippen LogP contribution >= 0.6 is 11.3 Å². The van der Waals surface area contributed by atoms with Crippen molar-refractivity contribution in [2.24, 2.45) is 0 Å². The van der Waals surface area contributed by atoms with Crippen LogP contribution in [0.2, 0.25) is 0 Å². The van der Waals surface area contributed by atoms with Crippen LogP contribution in [0.15, 0.2) is 45.7 Å². The first-order valence-electron chi connectivity index (χ1n) is 5.56. The molecule has 5 heteroatoms. The lowest BCUT2D eigenvalue weighted by atomic mass is 10.0. The molecule has 0 atom stereocenters. The number of thiophene rings is 1. The standard InChI is InChI=1S/C14H9N3OS/c15-7-10-6-11(9-3-5-19-8-9)13(17-14(10)16)12-2-1-4-18-12/h1-6,8H,(H2,16,17). The molecule has 3 aromatic heterocycles. The number of hydrogen-bond acceptors (Lipinski definition) is 5. The van der Waals surface area contributed by atoms with Gasteiger partial charge >= 0.3 is 0 Å². The molecule has 0 aromatic carbocycles. The van der Waals surface area contributed by atoms with Gasteiger partial charge in [-0.05, 0) is 40.6 Å². The second kappa shape index (κ2) is 4.59. The van der Waals surface area contributed by atoms with Crippen molar-refractivity contribution < 1.29 is 4.42 Å². The molecule has 0 aliphatic rings. The normalized spacial score (nSPS) is 10.3. The quantitative estimate of drug-likeness (QED) is 0.770. The first-order valence-corrected chi connectivity index (χ1v) is 6.51. The monoisotopic (exact) mass is 267 g/mol. The van der Waals surface area contributed by atoms with Crippen molar-refractivity contribution in [3.05, 3.63) is 46.9 Å². The highest BCUT2D eigenvalue weighted by atomic mass is 32.1. The Bertz CT molecular complexity index is 740. The molecule has 92 valence electrons. The lowest BCUT2D eigenvalue weighted by Gasteiger charge is -2.07. The third-order valence-electron chi connectivity index (χ3n) is 2.76. The van der Waals surface area contributed by atoms with Gasteiger partial charge < -0.3 is 10.2 Å². The highest BCUT2D eigenvalue weighted by Crippen LogP contribution is 2.34. The Hall–Kier alpha value is -2.58. The van der Waals surface area contributed by atoms with Gasteiger partial charge in [-0.25, -0.2) is 4.98 Å². The van der Waals surface area contributed by atoms with Gasteiger partial charge in [0.1, 0.15) is 17.6 Å². The van der Waals surface area contributed by atoms with E-state index in [2.05, 4.69) is 11.1 Å². The van der Waals surface area contributed by atoms with Crippen LogP contribution in [0.1, 0.15) is 5.56 Å². The molecule has 0 bridgehead atoms. The van der Waals surface area contributed by atoms with E-state index in [0.29, 0.717) is 17.0 Å². The average Bonchev–Trinajstić information content (AvgIpc) is 3.11. The van der Waals surface area contributed by atoms with Crippen molar-refractivity contribution in [2.75, 3.05) is 5.73 Å². The summed E-state index contributed by atoms with van der Waals surface area (Å²) in [5, 5.41) is 13.0. The molecule has 0 saturated carbocycles. The van der Waals surface area contributed by atoms with Gasteiger partial charge in [-0.2, -0.15) is 16.6 Å². The highest BCUT2D eigenvalue weighted by molar-refractivity contribution is 7.08. The smallest absolute Gasteiger partial charge is 0.152 e. The predicted molar refractivity (Wildman–Crippen MR) is 74.4 cm³/mol. The average molecular weight is 267 g/mol. The van der Waals surface area contributed by atoms with E-state index in [4.69, 9.17) is 15.4 Å². The second-order valence-corrected chi connectivity index (χ2v) is 4.70. The number of nitrogens with zero attached hydrogens (tertiary/aromatic N) is 2. The minimum Gasteiger partial charge on any atom is -0.463 e. The van der Waals surface area contributed by atoms with Crippen molar-refractivity contribution in [3.8, 4) is 28.7 Å². The number of nitrogens with two attached hydrogens (primary N) is 1. The number of nitrogen functional groups attached to an aromatic ring is 1. The molecule has 0 spiro atoms. The number of hydrogen-bond donors (Lipinski definition) is 1. The zero-order chi connectivity index (χ0) is 13.2. The maximum atomic E-state index is 9.07. The fourth-order valence-electron chi connectivity index (χ4n) is 1.86. The predicted octanol–water partition coefficient (Wildman–Crippen LogP) is 3.52. The molecule has 19 heavy (non-hydrogen) atoms. The molecule has 0 unspecified atom stereocenters. The lowest BCUT2D eigenvalue weighted by Crippen LogP contribution is -1.98. The first-order chi connectivity index (χ1) is 9.29. The van der Waals surface area contributed by atoms with Crippen LogP contribution in [0, 0.1) is 11.3 Å². The Morgan fingerprint density at radius 3 is 2.89 bits per heavy atom. The van der Waals surface area contributed by atoms with Crippen LogP contribution in [-0.2, 0) is 0 Å². The van der Waals surface area contributed by atoms with E-state index in [-0.39, 0.29) is 5.82 Å². The van der Waals surface area contributed by atoms with Gasteiger partial charge in [0, 0.05) is 5.56 Å². The number of anilines is 1. The second-order valence-electron chi connectivity index (χ2n) is 3.92. The van der Waals surface area contributed by atoms with E-state index < -0.39 is 0 Å².